The van der Waals surface area contributed by atoms with Gasteiger partial charge in [0.05, 0.1) is 27.1 Å². The van der Waals surface area contributed by atoms with E-state index in [1.165, 1.54) is 18.5 Å². The van der Waals surface area contributed by atoms with Gasteiger partial charge < -0.3 is 19.9 Å². The molecule has 2 aromatic rings. The van der Waals surface area contributed by atoms with Crippen LogP contribution in [0.25, 0.3) is 0 Å². The first kappa shape index (κ1) is 22.7. The first-order chi connectivity index (χ1) is 14.6. The SMILES string of the molecule is COC(=O)c1cnc(N2CCN(C(=O)Nc3ccc([Si](C)(C)C)cc3)[C@H](C)C2)c(C)n1. The van der Waals surface area contributed by atoms with Gasteiger partial charge in [-0.3, -0.25) is 0 Å². The van der Waals surface area contributed by atoms with E-state index in [0.717, 1.165) is 11.5 Å². The summed E-state index contributed by atoms with van der Waals surface area (Å²) in [4.78, 5) is 37.2. The first-order valence-corrected chi connectivity index (χ1v) is 13.9. The standard InChI is InChI=1S/C22H31N5O3Si/c1-15-14-26(20-16(2)24-19(13-23-20)21(28)30-3)11-12-27(15)22(29)25-17-7-9-18(10-8-17)31(4,5)6/h7-10,13,15H,11-12,14H2,1-6H3,(H,25,29)/t15-/m1/s1. The number of benzene rings is 1. The highest BCUT2D eigenvalue weighted by Gasteiger charge is 2.29. The molecule has 0 unspecified atom stereocenters. The van der Waals surface area contributed by atoms with E-state index in [9.17, 15) is 9.59 Å². The molecule has 8 nitrogen and oxygen atoms in total. The topological polar surface area (TPSA) is 87.7 Å². The molecular weight excluding hydrogens is 410 g/mol. The van der Waals surface area contributed by atoms with Gasteiger partial charge in [-0.2, -0.15) is 0 Å². The Kier molecular flexibility index (Phi) is 6.64. The molecule has 9 heteroatoms. The summed E-state index contributed by atoms with van der Waals surface area (Å²) in [6, 6.07) is 8.08. The lowest BCUT2D eigenvalue weighted by Crippen LogP contribution is -2.55. The number of aryl methyl sites for hydroxylation is 1. The number of anilines is 2. The van der Waals surface area contributed by atoms with Crippen molar-refractivity contribution in [1.82, 2.24) is 14.9 Å². The Morgan fingerprint density at radius 1 is 1.16 bits per heavy atom. The number of urea groups is 1. The second-order valence-electron chi connectivity index (χ2n) is 8.90. The Morgan fingerprint density at radius 2 is 1.84 bits per heavy atom. The monoisotopic (exact) mass is 441 g/mol. The van der Waals surface area contributed by atoms with Crippen molar-refractivity contribution in [2.24, 2.45) is 0 Å². The van der Waals surface area contributed by atoms with Crippen LogP contribution in [0.3, 0.4) is 0 Å². The molecule has 1 aromatic carbocycles. The van der Waals surface area contributed by atoms with Crippen molar-refractivity contribution in [1.29, 1.82) is 0 Å². The maximum Gasteiger partial charge on any atom is 0.358 e. The van der Waals surface area contributed by atoms with Crippen LogP contribution in [0.4, 0.5) is 16.3 Å². The van der Waals surface area contributed by atoms with Crippen LogP contribution in [-0.2, 0) is 4.74 Å². The van der Waals surface area contributed by atoms with Crippen LogP contribution in [0.15, 0.2) is 30.5 Å². The van der Waals surface area contributed by atoms with Crippen LogP contribution < -0.4 is 15.4 Å². The van der Waals surface area contributed by atoms with E-state index in [0.29, 0.717) is 25.3 Å². The minimum atomic E-state index is -1.36. The van der Waals surface area contributed by atoms with Crippen molar-refractivity contribution in [2.45, 2.75) is 39.5 Å². The molecule has 0 radical (unpaired) electrons. The van der Waals surface area contributed by atoms with E-state index >= 15 is 0 Å². The fourth-order valence-corrected chi connectivity index (χ4v) is 4.86. The van der Waals surface area contributed by atoms with E-state index in [4.69, 9.17) is 4.74 Å². The second kappa shape index (κ2) is 9.05. The molecule has 1 aliphatic heterocycles. The summed E-state index contributed by atoms with van der Waals surface area (Å²) >= 11 is 0. The summed E-state index contributed by atoms with van der Waals surface area (Å²) in [7, 11) is -0.0423. The third kappa shape index (κ3) is 5.22. The zero-order chi connectivity index (χ0) is 22.8. The van der Waals surface area contributed by atoms with E-state index in [1.54, 1.807) is 0 Å². The second-order valence-corrected chi connectivity index (χ2v) is 14.0. The number of aromatic nitrogens is 2. The Balaban J connectivity index is 1.63. The zero-order valence-corrected chi connectivity index (χ0v) is 20.1. The van der Waals surface area contributed by atoms with E-state index in [2.05, 4.69) is 52.0 Å². The van der Waals surface area contributed by atoms with Gasteiger partial charge in [0, 0.05) is 31.4 Å². The summed E-state index contributed by atoms with van der Waals surface area (Å²) in [6.45, 7) is 12.6. The normalized spacial score (nSPS) is 16.8. The van der Waals surface area contributed by atoms with Crippen molar-refractivity contribution < 1.29 is 14.3 Å². The van der Waals surface area contributed by atoms with Crippen LogP contribution in [0.5, 0.6) is 0 Å². The minimum absolute atomic E-state index is 0.00325. The van der Waals surface area contributed by atoms with Gasteiger partial charge in [0.2, 0.25) is 0 Å². The van der Waals surface area contributed by atoms with Crippen molar-refractivity contribution in [3.8, 4) is 0 Å². The Labute approximate surface area is 184 Å². The molecule has 0 spiro atoms. The van der Waals surface area contributed by atoms with Crippen molar-refractivity contribution in [2.75, 3.05) is 37.0 Å². The largest absolute Gasteiger partial charge is 0.464 e. The number of carbonyl (C=O) groups is 2. The number of nitrogens with one attached hydrogen (secondary N) is 1. The maximum absolute atomic E-state index is 12.8. The third-order valence-corrected chi connectivity index (χ3v) is 7.57. The molecule has 1 saturated heterocycles. The Hall–Kier alpha value is -2.94. The van der Waals surface area contributed by atoms with Crippen LogP contribution in [0, 0.1) is 6.92 Å². The number of esters is 1. The molecule has 1 N–H and O–H groups in total. The molecule has 0 bridgehead atoms. The summed E-state index contributed by atoms with van der Waals surface area (Å²) in [6.07, 6.45) is 1.43. The molecular formula is C22H31N5O3Si. The van der Waals surface area contributed by atoms with E-state index in [-0.39, 0.29) is 17.8 Å². The third-order valence-electron chi connectivity index (χ3n) is 5.51. The van der Waals surface area contributed by atoms with E-state index in [1.807, 2.05) is 30.9 Å². The number of rotatable bonds is 4. The number of hydrogen-bond donors (Lipinski definition) is 1. The average molecular weight is 442 g/mol. The maximum atomic E-state index is 12.8. The van der Waals surface area contributed by atoms with E-state index < -0.39 is 14.0 Å². The van der Waals surface area contributed by atoms with Gasteiger partial charge in [-0.25, -0.2) is 19.6 Å². The summed E-state index contributed by atoms with van der Waals surface area (Å²) < 4.78 is 4.70. The minimum Gasteiger partial charge on any atom is -0.464 e. The van der Waals surface area contributed by atoms with Crippen molar-refractivity contribution in [3.63, 3.8) is 0 Å². The molecule has 2 amide bonds. The predicted molar refractivity (Wildman–Crippen MR) is 125 cm³/mol. The van der Waals surface area contributed by atoms with Crippen molar-refractivity contribution in [3.05, 3.63) is 41.9 Å². The molecule has 1 atom stereocenters. The number of piperazine rings is 1. The molecule has 31 heavy (non-hydrogen) atoms. The number of amides is 2. The lowest BCUT2D eigenvalue weighted by atomic mass is 10.2. The molecule has 2 heterocycles. The quantitative estimate of drug-likeness (QED) is 0.580. The molecule has 1 fully saturated rings. The predicted octanol–water partition coefficient (Wildman–Crippen LogP) is 2.86. The Bertz CT molecular complexity index is 959. The van der Waals surface area contributed by atoms with Crippen LogP contribution in [-0.4, -0.2) is 67.7 Å². The number of nitrogens with zero attached hydrogens (tertiary/aromatic N) is 4. The fourth-order valence-electron chi connectivity index (χ4n) is 3.69. The fraction of sp³-hybridized carbons (Fsp3) is 0.455. The van der Waals surface area contributed by atoms with Crippen LogP contribution in [0.1, 0.15) is 23.1 Å². The molecule has 0 saturated carbocycles. The van der Waals surface area contributed by atoms with Gasteiger partial charge >= 0.3 is 12.0 Å². The molecule has 1 aliphatic rings. The number of methoxy groups -OCH3 is 1. The van der Waals surface area contributed by atoms with Gasteiger partial charge in [0.15, 0.2) is 5.69 Å². The average Bonchev–Trinajstić information content (AvgIpc) is 2.72. The molecule has 0 aliphatic carbocycles. The molecule has 3 rings (SSSR count). The molecule has 1 aromatic heterocycles. The van der Waals surface area contributed by atoms with Gasteiger partial charge in [0.25, 0.3) is 0 Å². The van der Waals surface area contributed by atoms with Gasteiger partial charge in [-0.15, -0.1) is 0 Å². The van der Waals surface area contributed by atoms with Gasteiger partial charge in [-0.1, -0.05) is 37.0 Å². The zero-order valence-electron chi connectivity index (χ0n) is 19.1. The number of ether oxygens (including phenoxy) is 1. The highest BCUT2D eigenvalue weighted by atomic mass is 28.3. The van der Waals surface area contributed by atoms with Crippen LogP contribution in [0.2, 0.25) is 19.6 Å². The summed E-state index contributed by atoms with van der Waals surface area (Å²) in [5.41, 5.74) is 1.66. The lowest BCUT2D eigenvalue weighted by Gasteiger charge is -2.40. The highest BCUT2D eigenvalue weighted by molar-refractivity contribution is 6.88. The first-order valence-electron chi connectivity index (χ1n) is 10.4. The summed E-state index contributed by atoms with van der Waals surface area (Å²) in [5.74, 6) is 0.219. The van der Waals surface area contributed by atoms with Crippen molar-refractivity contribution >= 4 is 36.8 Å². The number of carbonyl (C=O) groups excluding carboxylic acids is 2. The summed E-state index contributed by atoms with van der Waals surface area (Å²) in [5, 5.41) is 4.38. The number of hydrogen-bond acceptors (Lipinski definition) is 6. The Morgan fingerprint density at radius 3 is 2.39 bits per heavy atom. The highest BCUT2D eigenvalue weighted by Crippen LogP contribution is 2.21. The molecule has 166 valence electrons. The van der Waals surface area contributed by atoms with Gasteiger partial charge in [0.1, 0.15) is 5.82 Å². The van der Waals surface area contributed by atoms with Gasteiger partial charge in [-0.05, 0) is 26.0 Å². The van der Waals surface area contributed by atoms with Crippen LogP contribution >= 0.6 is 0 Å². The lowest BCUT2D eigenvalue weighted by molar-refractivity contribution is 0.0593. The smallest absolute Gasteiger partial charge is 0.358 e.